The molecule has 0 atom stereocenters. The molecule has 0 aliphatic rings. The topological polar surface area (TPSA) is 55.3 Å². The second-order valence-electron chi connectivity index (χ2n) is 4.25. The van der Waals surface area contributed by atoms with Gasteiger partial charge in [0.1, 0.15) is 0 Å². The number of nitrogens with two attached hydrogens (primary N) is 2. The molecule has 0 saturated carbocycles. The Labute approximate surface area is 102 Å². The highest BCUT2D eigenvalue weighted by Crippen LogP contribution is 2.32. The van der Waals surface area contributed by atoms with Crippen molar-refractivity contribution in [3.05, 3.63) is 42.5 Å². The van der Waals surface area contributed by atoms with Crippen LogP contribution in [0.25, 0.3) is 11.1 Å². The maximum atomic E-state index is 6.08. The Morgan fingerprint density at radius 2 is 1.47 bits per heavy atom. The molecule has 2 rings (SSSR count). The first-order valence-corrected chi connectivity index (χ1v) is 5.51. The minimum Gasteiger partial charge on any atom is -0.398 e. The van der Waals surface area contributed by atoms with Crippen LogP contribution in [0.5, 0.6) is 0 Å². The average molecular weight is 227 g/mol. The monoisotopic (exact) mass is 227 g/mol. The van der Waals surface area contributed by atoms with Gasteiger partial charge in [-0.2, -0.15) is 0 Å². The highest BCUT2D eigenvalue weighted by Gasteiger charge is 2.07. The van der Waals surface area contributed by atoms with E-state index in [-0.39, 0.29) is 0 Å². The number of hydrogen-bond acceptors (Lipinski definition) is 3. The molecule has 4 N–H and O–H groups in total. The van der Waals surface area contributed by atoms with E-state index in [1.54, 1.807) is 0 Å². The van der Waals surface area contributed by atoms with Gasteiger partial charge in [0, 0.05) is 42.3 Å². The summed E-state index contributed by atoms with van der Waals surface area (Å²) in [6.45, 7) is 0. The van der Waals surface area contributed by atoms with E-state index in [1.807, 2.05) is 61.5 Å². The summed E-state index contributed by atoms with van der Waals surface area (Å²) < 4.78 is 0. The molecular formula is C14H17N3. The van der Waals surface area contributed by atoms with Gasteiger partial charge in [0.15, 0.2) is 0 Å². The summed E-state index contributed by atoms with van der Waals surface area (Å²) >= 11 is 0. The minimum atomic E-state index is 0.745. The van der Waals surface area contributed by atoms with Gasteiger partial charge < -0.3 is 16.4 Å². The first-order valence-electron chi connectivity index (χ1n) is 5.51. The van der Waals surface area contributed by atoms with Gasteiger partial charge in [0.05, 0.1) is 0 Å². The van der Waals surface area contributed by atoms with E-state index in [1.165, 1.54) is 0 Å². The number of hydrogen-bond donors (Lipinski definition) is 2. The number of anilines is 3. The summed E-state index contributed by atoms with van der Waals surface area (Å²) in [5.41, 5.74) is 16.6. The second-order valence-corrected chi connectivity index (χ2v) is 4.25. The predicted molar refractivity (Wildman–Crippen MR) is 75.0 cm³/mol. The van der Waals surface area contributed by atoms with E-state index in [0.29, 0.717) is 0 Å². The van der Waals surface area contributed by atoms with Crippen molar-refractivity contribution in [3.63, 3.8) is 0 Å². The molecule has 2 aromatic rings. The van der Waals surface area contributed by atoms with Gasteiger partial charge in [-0.05, 0) is 18.2 Å². The average Bonchev–Trinajstić information content (AvgIpc) is 2.30. The van der Waals surface area contributed by atoms with Crippen molar-refractivity contribution in [2.24, 2.45) is 0 Å². The van der Waals surface area contributed by atoms with E-state index in [2.05, 4.69) is 0 Å². The van der Waals surface area contributed by atoms with E-state index in [4.69, 9.17) is 11.5 Å². The quantitative estimate of drug-likeness (QED) is 0.775. The molecule has 0 fully saturated rings. The molecule has 3 heteroatoms. The molecule has 0 saturated heterocycles. The molecule has 2 aromatic carbocycles. The van der Waals surface area contributed by atoms with Crippen molar-refractivity contribution in [2.45, 2.75) is 0 Å². The Morgan fingerprint density at radius 1 is 0.824 bits per heavy atom. The Balaban J connectivity index is 2.51. The lowest BCUT2D eigenvalue weighted by atomic mass is 10.0. The Hall–Kier alpha value is -2.16. The molecule has 88 valence electrons. The van der Waals surface area contributed by atoms with Crippen molar-refractivity contribution in [2.75, 3.05) is 30.5 Å². The van der Waals surface area contributed by atoms with Gasteiger partial charge >= 0.3 is 0 Å². The molecule has 0 unspecified atom stereocenters. The van der Waals surface area contributed by atoms with Crippen LogP contribution in [0.2, 0.25) is 0 Å². The van der Waals surface area contributed by atoms with Gasteiger partial charge in [0.2, 0.25) is 0 Å². The standard InChI is InChI=1S/C14H17N3/c1-17(2)10-7-8-12(14(16)9-10)11-5-3-4-6-13(11)15/h3-9H,15-16H2,1-2H3. The van der Waals surface area contributed by atoms with Gasteiger partial charge in [-0.25, -0.2) is 0 Å². The largest absolute Gasteiger partial charge is 0.398 e. The molecule has 3 nitrogen and oxygen atoms in total. The molecule has 0 spiro atoms. The number of para-hydroxylation sites is 1. The van der Waals surface area contributed by atoms with E-state index < -0.39 is 0 Å². The molecule has 0 bridgehead atoms. The van der Waals surface area contributed by atoms with Crippen LogP contribution < -0.4 is 16.4 Å². The van der Waals surface area contributed by atoms with Crippen molar-refractivity contribution < 1.29 is 0 Å². The second kappa shape index (κ2) is 4.37. The van der Waals surface area contributed by atoms with Crippen molar-refractivity contribution in [3.8, 4) is 11.1 Å². The summed E-state index contributed by atoms with van der Waals surface area (Å²) in [4.78, 5) is 2.02. The molecular weight excluding hydrogens is 210 g/mol. The third-order valence-electron chi connectivity index (χ3n) is 2.80. The fourth-order valence-corrected chi connectivity index (χ4v) is 1.82. The molecule has 17 heavy (non-hydrogen) atoms. The number of rotatable bonds is 2. The number of nitrogens with zero attached hydrogens (tertiary/aromatic N) is 1. The van der Waals surface area contributed by atoms with Crippen LogP contribution in [0, 0.1) is 0 Å². The van der Waals surface area contributed by atoms with Crippen molar-refractivity contribution in [1.82, 2.24) is 0 Å². The third kappa shape index (κ3) is 2.18. The van der Waals surface area contributed by atoms with Crippen molar-refractivity contribution >= 4 is 17.1 Å². The summed E-state index contributed by atoms with van der Waals surface area (Å²) in [5, 5.41) is 0. The lowest BCUT2D eigenvalue weighted by molar-refractivity contribution is 1.13. The maximum Gasteiger partial charge on any atom is 0.0415 e. The lowest BCUT2D eigenvalue weighted by Crippen LogP contribution is -2.09. The summed E-state index contributed by atoms with van der Waals surface area (Å²) in [6.07, 6.45) is 0. The molecule has 0 heterocycles. The zero-order chi connectivity index (χ0) is 12.4. The summed E-state index contributed by atoms with van der Waals surface area (Å²) in [7, 11) is 3.98. The highest BCUT2D eigenvalue weighted by molar-refractivity contribution is 5.85. The smallest absolute Gasteiger partial charge is 0.0415 e. The van der Waals surface area contributed by atoms with Gasteiger partial charge in [-0.3, -0.25) is 0 Å². The molecule has 0 radical (unpaired) electrons. The molecule has 0 aliphatic heterocycles. The maximum absolute atomic E-state index is 6.08. The zero-order valence-electron chi connectivity index (χ0n) is 10.1. The minimum absolute atomic E-state index is 0.745. The fourth-order valence-electron chi connectivity index (χ4n) is 1.82. The van der Waals surface area contributed by atoms with Gasteiger partial charge in [-0.15, -0.1) is 0 Å². The van der Waals surface area contributed by atoms with Crippen LogP contribution in [-0.4, -0.2) is 14.1 Å². The zero-order valence-corrected chi connectivity index (χ0v) is 10.1. The Morgan fingerprint density at radius 3 is 2.06 bits per heavy atom. The third-order valence-corrected chi connectivity index (χ3v) is 2.80. The molecule has 0 amide bonds. The predicted octanol–water partition coefficient (Wildman–Crippen LogP) is 2.58. The highest BCUT2D eigenvalue weighted by atomic mass is 15.1. The van der Waals surface area contributed by atoms with Crippen LogP contribution >= 0.6 is 0 Å². The van der Waals surface area contributed by atoms with Crippen LogP contribution in [0.15, 0.2) is 42.5 Å². The van der Waals surface area contributed by atoms with Crippen LogP contribution in [0.3, 0.4) is 0 Å². The Bertz CT molecular complexity index is 533. The molecule has 0 aromatic heterocycles. The number of benzene rings is 2. The first-order chi connectivity index (χ1) is 8.09. The fraction of sp³-hybridized carbons (Fsp3) is 0.143. The van der Waals surface area contributed by atoms with Crippen LogP contribution in [-0.2, 0) is 0 Å². The first kappa shape index (κ1) is 11.3. The van der Waals surface area contributed by atoms with E-state index in [9.17, 15) is 0 Å². The van der Waals surface area contributed by atoms with Crippen LogP contribution in [0.1, 0.15) is 0 Å². The summed E-state index contributed by atoms with van der Waals surface area (Å²) in [5.74, 6) is 0. The SMILES string of the molecule is CN(C)c1ccc(-c2ccccc2N)c(N)c1. The molecule has 0 aliphatic carbocycles. The normalized spacial score (nSPS) is 10.2. The Kier molecular flexibility index (Phi) is 2.91. The summed E-state index contributed by atoms with van der Waals surface area (Å²) in [6, 6.07) is 13.8. The van der Waals surface area contributed by atoms with Crippen LogP contribution in [0.4, 0.5) is 17.1 Å². The van der Waals surface area contributed by atoms with E-state index >= 15 is 0 Å². The lowest BCUT2D eigenvalue weighted by Gasteiger charge is -2.15. The van der Waals surface area contributed by atoms with Crippen molar-refractivity contribution in [1.29, 1.82) is 0 Å². The van der Waals surface area contributed by atoms with Gasteiger partial charge in [-0.1, -0.05) is 24.3 Å². The van der Waals surface area contributed by atoms with E-state index in [0.717, 1.165) is 28.2 Å². The van der Waals surface area contributed by atoms with Gasteiger partial charge in [0.25, 0.3) is 0 Å². The number of nitrogen functional groups attached to an aromatic ring is 2.